The van der Waals surface area contributed by atoms with Gasteiger partial charge in [0.25, 0.3) is 0 Å². The first-order chi connectivity index (χ1) is 18.1. The lowest BCUT2D eigenvalue weighted by Crippen LogP contribution is -2.35. The molecule has 0 saturated carbocycles. The van der Waals surface area contributed by atoms with Crippen LogP contribution in [0, 0.1) is 11.8 Å². The molecule has 0 amide bonds. The van der Waals surface area contributed by atoms with Crippen LogP contribution in [0.2, 0.25) is 0 Å². The third kappa shape index (κ3) is 15.9. The average Bonchev–Trinajstić information content (AvgIpc) is 2.87. The van der Waals surface area contributed by atoms with Gasteiger partial charge >= 0.3 is 0 Å². The molecule has 2 unspecified atom stereocenters. The van der Waals surface area contributed by atoms with E-state index in [1.165, 1.54) is 5.57 Å². The Kier molecular flexibility index (Phi) is 17.6. The number of likely N-dealkylation sites (N-methyl/N-ethyl adjacent to an activating group) is 1. The molecule has 3 atom stereocenters. The highest BCUT2D eigenvalue weighted by Crippen LogP contribution is 2.08. The molecule has 0 spiro atoms. The van der Waals surface area contributed by atoms with E-state index in [9.17, 15) is 0 Å². The van der Waals surface area contributed by atoms with E-state index in [0.717, 1.165) is 57.7 Å². The Bertz CT molecular complexity index is 853. The fourth-order valence-corrected chi connectivity index (χ4v) is 4.12. The largest absolute Gasteiger partial charge is 0.381 e. The molecule has 3 N–H and O–H groups in total. The highest BCUT2D eigenvalue weighted by molar-refractivity contribution is 5.25. The molecular formula is C33H57N5. The van der Waals surface area contributed by atoms with Crippen LogP contribution in [0.1, 0.15) is 74.1 Å². The Morgan fingerprint density at radius 2 is 1.89 bits per heavy atom. The second kappa shape index (κ2) is 19.8. The molecule has 0 aromatic heterocycles. The van der Waals surface area contributed by atoms with E-state index in [0.29, 0.717) is 30.0 Å². The Hall–Kier alpha value is -2.26. The van der Waals surface area contributed by atoms with Crippen molar-refractivity contribution < 1.29 is 0 Å². The highest BCUT2D eigenvalue weighted by Gasteiger charge is 2.09. The van der Waals surface area contributed by atoms with Crippen LogP contribution in [0.25, 0.3) is 0 Å². The maximum Gasteiger partial charge on any atom is 0.0730 e. The van der Waals surface area contributed by atoms with Crippen molar-refractivity contribution in [3.63, 3.8) is 0 Å². The van der Waals surface area contributed by atoms with Gasteiger partial charge in [0, 0.05) is 49.3 Å². The van der Waals surface area contributed by atoms with Crippen LogP contribution in [-0.2, 0) is 0 Å². The lowest BCUT2D eigenvalue weighted by atomic mass is 10.1. The van der Waals surface area contributed by atoms with Crippen LogP contribution in [0.3, 0.4) is 0 Å². The molecule has 1 aliphatic heterocycles. The van der Waals surface area contributed by atoms with Crippen molar-refractivity contribution in [1.82, 2.24) is 25.8 Å². The van der Waals surface area contributed by atoms with Gasteiger partial charge in [-0.25, -0.2) is 0 Å². The summed E-state index contributed by atoms with van der Waals surface area (Å²) in [4.78, 5) is 4.53. The van der Waals surface area contributed by atoms with E-state index in [-0.39, 0.29) is 0 Å². The van der Waals surface area contributed by atoms with Crippen LogP contribution in [0.15, 0.2) is 72.1 Å². The molecule has 0 radical (unpaired) electrons. The topological polar surface area (TPSA) is 42.6 Å². The number of allylic oxidation sites excluding steroid dienone is 1. The normalized spacial score (nSPS) is 15.7. The predicted molar refractivity (Wildman–Crippen MR) is 167 cm³/mol. The number of nitrogens with zero attached hydrogens (tertiary/aromatic N) is 2. The second-order valence-electron chi connectivity index (χ2n) is 11.4. The molecule has 0 saturated heterocycles. The van der Waals surface area contributed by atoms with Gasteiger partial charge < -0.3 is 15.5 Å². The number of rotatable bonds is 20. The summed E-state index contributed by atoms with van der Waals surface area (Å²) >= 11 is 0. The number of hydrogen-bond acceptors (Lipinski definition) is 5. The Morgan fingerprint density at radius 3 is 2.55 bits per heavy atom. The van der Waals surface area contributed by atoms with Gasteiger partial charge in [-0.2, -0.15) is 0 Å². The zero-order chi connectivity index (χ0) is 28.3. The zero-order valence-electron chi connectivity index (χ0n) is 25.7. The zero-order valence-corrected chi connectivity index (χ0v) is 25.7. The van der Waals surface area contributed by atoms with Crippen LogP contribution in [0.5, 0.6) is 0 Å². The molecule has 0 aromatic rings. The summed E-state index contributed by atoms with van der Waals surface area (Å²) in [5, 5.41) is 10.7. The molecule has 214 valence electrons. The lowest BCUT2D eigenvalue weighted by Gasteiger charge is -2.23. The van der Waals surface area contributed by atoms with Crippen molar-refractivity contribution in [3.8, 4) is 0 Å². The first-order valence-electron chi connectivity index (χ1n) is 14.7. The van der Waals surface area contributed by atoms with Gasteiger partial charge in [-0.3, -0.25) is 10.2 Å². The minimum atomic E-state index is 0.292. The van der Waals surface area contributed by atoms with E-state index in [2.05, 4.69) is 130 Å². The lowest BCUT2D eigenvalue weighted by molar-refractivity contribution is 0.264. The van der Waals surface area contributed by atoms with Gasteiger partial charge in [0.05, 0.1) is 6.67 Å². The van der Waals surface area contributed by atoms with Crippen molar-refractivity contribution in [3.05, 3.63) is 72.1 Å². The fraction of sp³-hybridized carbons (Fsp3) is 0.636. The van der Waals surface area contributed by atoms with Gasteiger partial charge in [-0.05, 0) is 81.5 Å². The van der Waals surface area contributed by atoms with Crippen LogP contribution in [-0.4, -0.2) is 61.3 Å². The SMILES string of the molecule is C=C(/C=C/CC(CC)NCC(C)C)NCC1=CN(CN[C@@H](C=C=CC(C)N(C)CC(C)C)CCC)C=C=C1. The van der Waals surface area contributed by atoms with E-state index in [4.69, 9.17) is 0 Å². The quantitative estimate of drug-likeness (QED) is 0.128. The predicted octanol–water partition coefficient (Wildman–Crippen LogP) is 6.33. The standard InChI is InChI=1S/C33H57N5/c1-10-15-33(20-13-17-30(8)37(9)24-28(5)6)36-26-38-21-14-18-31(25-38)23-34-29(7)16-12-19-32(11-2)35-22-27(3)4/h12,16-18,20-21,25,27-28,30,32-36H,7,10-11,15,19,22-24,26H2,1-6,8-9H3/b16-12+/t13?,30?,32?,33-/m1/s1. The first kappa shape index (κ1) is 33.8. The second-order valence-corrected chi connectivity index (χ2v) is 11.4. The molecule has 5 nitrogen and oxygen atoms in total. The molecule has 1 aliphatic rings. The molecule has 0 aromatic carbocycles. The fourth-order valence-electron chi connectivity index (χ4n) is 4.12. The van der Waals surface area contributed by atoms with Gasteiger partial charge in [0.2, 0.25) is 0 Å². The molecule has 5 heteroatoms. The first-order valence-corrected chi connectivity index (χ1v) is 14.7. The van der Waals surface area contributed by atoms with E-state index >= 15 is 0 Å². The van der Waals surface area contributed by atoms with Crippen LogP contribution >= 0.6 is 0 Å². The van der Waals surface area contributed by atoms with Crippen molar-refractivity contribution >= 4 is 0 Å². The minimum Gasteiger partial charge on any atom is -0.381 e. The molecule has 38 heavy (non-hydrogen) atoms. The summed E-state index contributed by atoms with van der Waals surface area (Å²) in [6, 6.07) is 1.19. The van der Waals surface area contributed by atoms with Crippen molar-refractivity contribution in [2.24, 2.45) is 11.8 Å². The molecule has 1 rings (SSSR count). The van der Waals surface area contributed by atoms with Crippen molar-refractivity contribution in [2.45, 2.75) is 92.3 Å². The Labute approximate surface area is 235 Å². The Balaban J connectivity index is 2.54. The van der Waals surface area contributed by atoms with Crippen molar-refractivity contribution in [2.75, 3.05) is 33.4 Å². The minimum absolute atomic E-state index is 0.292. The molecule has 0 fully saturated rings. The summed E-state index contributed by atoms with van der Waals surface area (Å²) in [5.74, 6) is 1.34. The van der Waals surface area contributed by atoms with Gasteiger partial charge in [0.1, 0.15) is 0 Å². The van der Waals surface area contributed by atoms with Crippen LogP contribution < -0.4 is 16.0 Å². The van der Waals surface area contributed by atoms with E-state index in [1.807, 2.05) is 12.3 Å². The maximum atomic E-state index is 4.17. The summed E-state index contributed by atoms with van der Waals surface area (Å²) in [6.07, 6.45) is 19.2. The monoisotopic (exact) mass is 523 g/mol. The molecule has 1 heterocycles. The van der Waals surface area contributed by atoms with Gasteiger partial charge in [0.15, 0.2) is 0 Å². The summed E-state index contributed by atoms with van der Waals surface area (Å²) in [6.45, 7) is 23.5. The highest BCUT2D eigenvalue weighted by atomic mass is 15.2. The van der Waals surface area contributed by atoms with Crippen LogP contribution in [0.4, 0.5) is 0 Å². The Morgan fingerprint density at radius 1 is 1.13 bits per heavy atom. The average molecular weight is 524 g/mol. The third-order valence-corrected chi connectivity index (χ3v) is 6.53. The summed E-state index contributed by atoms with van der Waals surface area (Å²) in [5.41, 5.74) is 8.83. The smallest absolute Gasteiger partial charge is 0.0730 e. The third-order valence-electron chi connectivity index (χ3n) is 6.53. The van der Waals surface area contributed by atoms with Gasteiger partial charge in [-0.15, -0.1) is 11.5 Å². The van der Waals surface area contributed by atoms with E-state index < -0.39 is 0 Å². The van der Waals surface area contributed by atoms with Crippen molar-refractivity contribution in [1.29, 1.82) is 0 Å². The number of nitrogens with one attached hydrogen (secondary N) is 3. The summed E-state index contributed by atoms with van der Waals surface area (Å²) in [7, 11) is 2.18. The van der Waals surface area contributed by atoms with Gasteiger partial charge in [-0.1, -0.05) is 60.6 Å². The molecule has 0 bridgehead atoms. The number of hydrogen-bond donors (Lipinski definition) is 3. The maximum absolute atomic E-state index is 4.17. The van der Waals surface area contributed by atoms with E-state index in [1.54, 1.807) is 0 Å². The molecule has 0 aliphatic carbocycles. The summed E-state index contributed by atoms with van der Waals surface area (Å²) < 4.78 is 0. The molecular weight excluding hydrogens is 466 g/mol.